The molecular formula is C21H22N2O2. The van der Waals surface area contributed by atoms with Crippen molar-refractivity contribution >= 4 is 16.8 Å². The van der Waals surface area contributed by atoms with Gasteiger partial charge in [-0.2, -0.15) is 0 Å². The molecule has 4 rings (SSSR count). The lowest BCUT2D eigenvalue weighted by Gasteiger charge is -2.26. The zero-order valence-electron chi connectivity index (χ0n) is 14.6. The van der Waals surface area contributed by atoms with Gasteiger partial charge in [-0.15, -0.1) is 0 Å². The summed E-state index contributed by atoms with van der Waals surface area (Å²) in [4.78, 5) is 12.8. The lowest BCUT2D eigenvalue weighted by atomic mass is 10.1. The lowest BCUT2D eigenvalue weighted by Crippen LogP contribution is -2.31. The number of carbonyl (C=O) groups is 1. The van der Waals surface area contributed by atoms with Crippen molar-refractivity contribution in [2.75, 3.05) is 0 Å². The molecule has 4 nitrogen and oxygen atoms in total. The van der Waals surface area contributed by atoms with E-state index < -0.39 is 0 Å². The maximum Gasteiger partial charge on any atom is 0.268 e. The second-order valence-corrected chi connectivity index (χ2v) is 6.65. The minimum Gasteiger partial charge on any atom is -0.486 e. The molecule has 25 heavy (non-hydrogen) atoms. The third kappa shape index (κ3) is 2.88. The highest BCUT2D eigenvalue weighted by Gasteiger charge is 2.25. The van der Waals surface area contributed by atoms with Crippen LogP contribution in [-0.4, -0.2) is 16.6 Å². The molecule has 3 aromatic rings. The van der Waals surface area contributed by atoms with Gasteiger partial charge in [0.25, 0.3) is 5.91 Å². The number of para-hydroxylation sites is 1. The average Bonchev–Trinajstić information content (AvgIpc) is 3.00. The molecule has 1 amide bonds. The molecule has 128 valence electrons. The van der Waals surface area contributed by atoms with E-state index in [1.54, 1.807) is 0 Å². The normalized spacial score (nSPS) is 15.8. The van der Waals surface area contributed by atoms with Crippen molar-refractivity contribution in [2.24, 2.45) is 0 Å². The Hall–Kier alpha value is -2.75. The van der Waals surface area contributed by atoms with E-state index in [1.807, 2.05) is 36.4 Å². The first kappa shape index (κ1) is 15.8. The van der Waals surface area contributed by atoms with Gasteiger partial charge in [0.1, 0.15) is 17.5 Å². The van der Waals surface area contributed by atoms with Crippen LogP contribution in [-0.2, 0) is 13.1 Å². The van der Waals surface area contributed by atoms with Crippen LogP contribution in [0.5, 0.6) is 5.75 Å². The van der Waals surface area contributed by atoms with Crippen molar-refractivity contribution in [2.45, 2.75) is 39.5 Å². The highest BCUT2D eigenvalue weighted by atomic mass is 16.5. The summed E-state index contributed by atoms with van der Waals surface area (Å²) in [7, 11) is 0. The number of hydrogen-bond acceptors (Lipinski definition) is 2. The molecule has 0 saturated carbocycles. The second-order valence-electron chi connectivity index (χ2n) is 6.65. The molecule has 0 spiro atoms. The van der Waals surface area contributed by atoms with E-state index >= 15 is 0 Å². The minimum atomic E-state index is -0.0413. The molecule has 1 N–H and O–H groups in total. The Morgan fingerprint density at radius 1 is 1.24 bits per heavy atom. The van der Waals surface area contributed by atoms with Crippen molar-refractivity contribution in [3.63, 3.8) is 0 Å². The first-order valence-corrected chi connectivity index (χ1v) is 8.78. The Kier molecular flexibility index (Phi) is 3.96. The fourth-order valence-corrected chi connectivity index (χ4v) is 3.49. The summed E-state index contributed by atoms with van der Waals surface area (Å²) >= 11 is 0. The van der Waals surface area contributed by atoms with E-state index in [-0.39, 0.29) is 12.0 Å². The third-order valence-electron chi connectivity index (χ3n) is 4.79. The predicted molar refractivity (Wildman–Crippen MR) is 99.0 cm³/mol. The summed E-state index contributed by atoms with van der Waals surface area (Å²) in [6.45, 7) is 5.41. The van der Waals surface area contributed by atoms with Gasteiger partial charge in [0.05, 0.1) is 12.1 Å². The summed E-state index contributed by atoms with van der Waals surface area (Å²) in [5.74, 6) is 0.828. The van der Waals surface area contributed by atoms with Crippen LogP contribution in [0, 0.1) is 6.92 Å². The number of rotatable bonds is 4. The maximum absolute atomic E-state index is 12.8. The van der Waals surface area contributed by atoms with E-state index in [4.69, 9.17) is 4.74 Å². The third-order valence-corrected chi connectivity index (χ3v) is 4.79. The Morgan fingerprint density at radius 3 is 2.88 bits per heavy atom. The van der Waals surface area contributed by atoms with Crippen LogP contribution < -0.4 is 10.1 Å². The van der Waals surface area contributed by atoms with Gasteiger partial charge in [-0.1, -0.05) is 48.9 Å². The number of amides is 1. The summed E-state index contributed by atoms with van der Waals surface area (Å²) in [6.07, 6.45) is 1.02. The molecule has 0 fully saturated rings. The van der Waals surface area contributed by atoms with Gasteiger partial charge in [-0.25, -0.2) is 0 Å². The Bertz CT molecular complexity index is 942. The van der Waals surface area contributed by atoms with Crippen molar-refractivity contribution in [3.8, 4) is 5.75 Å². The highest BCUT2D eigenvalue weighted by Crippen LogP contribution is 2.34. The molecule has 1 aromatic heterocycles. The summed E-state index contributed by atoms with van der Waals surface area (Å²) in [6, 6.07) is 16.2. The summed E-state index contributed by atoms with van der Waals surface area (Å²) in [5.41, 5.74) is 4.03. The molecule has 1 aliphatic rings. The quantitative estimate of drug-likeness (QED) is 0.782. The van der Waals surface area contributed by atoms with Gasteiger partial charge in [-0.05, 0) is 31.0 Å². The van der Waals surface area contributed by atoms with Crippen LogP contribution in [0.1, 0.15) is 35.0 Å². The smallest absolute Gasteiger partial charge is 0.268 e. The molecule has 1 atom stereocenters. The monoisotopic (exact) mass is 334 g/mol. The summed E-state index contributed by atoms with van der Waals surface area (Å²) < 4.78 is 8.14. The van der Waals surface area contributed by atoms with Gasteiger partial charge < -0.3 is 14.6 Å². The van der Waals surface area contributed by atoms with Gasteiger partial charge in [0.15, 0.2) is 0 Å². The van der Waals surface area contributed by atoms with Gasteiger partial charge >= 0.3 is 0 Å². The molecule has 4 heteroatoms. The number of nitrogens with one attached hydrogen (secondary N) is 1. The van der Waals surface area contributed by atoms with Crippen LogP contribution in [0.3, 0.4) is 0 Å². The standard InChI is InChI=1S/C21H22N2O2/c1-3-17-13-23-18(11-16-8-5-9-19(25-17)20(16)23)21(24)22-12-15-7-4-6-14(2)10-15/h4-11,17H,3,12-13H2,1-2H3,(H,22,24)/t17-/m1/s1. The predicted octanol–water partition coefficient (Wildman–Crippen LogP) is 4.05. The molecular weight excluding hydrogens is 312 g/mol. The maximum atomic E-state index is 12.8. The van der Waals surface area contributed by atoms with Gasteiger partial charge in [0.2, 0.25) is 0 Å². The zero-order valence-corrected chi connectivity index (χ0v) is 14.6. The van der Waals surface area contributed by atoms with Crippen molar-refractivity contribution in [1.82, 2.24) is 9.88 Å². The van der Waals surface area contributed by atoms with Crippen LogP contribution in [0.2, 0.25) is 0 Å². The number of hydrogen-bond donors (Lipinski definition) is 1. The molecule has 0 saturated heterocycles. The molecule has 0 radical (unpaired) electrons. The molecule has 0 unspecified atom stereocenters. The number of ether oxygens (including phenoxy) is 1. The van der Waals surface area contributed by atoms with E-state index in [0.29, 0.717) is 18.8 Å². The topological polar surface area (TPSA) is 43.3 Å². The molecule has 2 aromatic carbocycles. The number of aromatic nitrogens is 1. The second kappa shape index (κ2) is 6.28. The van der Waals surface area contributed by atoms with Gasteiger partial charge in [-0.3, -0.25) is 4.79 Å². The van der Waals surface area contributed by atoms with Crippen LogP contribution in [0.4, 0.5) is 0 Å². The largest absolute Gasteiger partial charge is 0.486 e. The highest BCUT2D eigenvalue weighted by molar-refractivity contribution is 6.00. The fraction of sp³-hybridized carbons (Fsp3) is 0.286. The van der Waals surface area contributed by atoms with Crippen LogP contribution in [0.15, 0.2) is 48.5 Å². The molecule has 1 aliphatic heterocycles. The van der Waals surface area contributed by atoms with E-state index in [9.17, 15) is 4.79 Å². The average molecular weight is 334 g/mol. The molecule has 2 heterocycles. The fourth-order valence-electron chi connectivity index (χ4n) is 3.49. The SMILES string of the molecule is CC[C@@H]1Cn2c(C(=O)NCc3cccc(C)c3)cc3cccc(c32)O1. The Morgan fingerprint density at radius 2 is 2.08 bits per heavy atom. The molecule has 0 aliphatic carbocycles. The van der Waals surface area contributed by atoms with Crippen LogP contribution in [0.25, 0.3) is 10.9 Å². The zero-order chi connectivity index (χ0) is 17.4. The van der Waals surface area contributed by atoms with Crippen molar-refractivity contribution in [1.29, 1.82) is 0 Å². The Balaban J connectivity index is 1.63. The number of benzene rings is 2. The summed E-state index contributed by atoms with van der Waals surface area (Å²) in [5, 5.41) is 4.10. The van der Waals surface area contributed by atoms with E-state index in [2.05, 4.69) is 35.9 Å². The minimum absolute atomic E-state index is 0.0413. The van der Waals surface area contributed by atoms with E-state index in [1.165, 1.54) is 5.56 Å². The van der Waals surface area contributed by atoms with Crippen molar-refractivity contribution < 1.29 is 9.53 Å². The Labute approximate surface area is 147 Å². The van der Waals surface area contributed by atoms with Gasteiger partial charge in [0, 0.05) is 11.9 Å². The van der Waals surface area contributed by atoms with E-state index in [0.717, 1.165) is 28.6 Å². The number of carbonyl (C=O) groups excluding carboxylic acids is 1. The van der Waals surface area contributed by atoms with Crippen LogP contribution >= 0.6 is 0 Å². The molecule has 0 bridgehead atoms. The first-order valence-electron chi connectivity index (χ1n) is 8.78. The number of aryl methyl sites for hydroxylation is 1. The first-order chi connectivity index (χ1) is 12.2. The lowest BCUT2D eigenvalue weighted by molar-refractivity contribution is 0.0935. The van der Waals surface area contributed by atoms with Crippen molar-refractivity contribution in [3.05, 3.63) is 65.4 Å². The number of nitrogens with zero attached hydrogens (tertiary/aromatic N) is 1.